The summed E-state index contributed by atoms with van der Waals surface area (Å²) in [5, 5.41) is 2.82. The van der Waals surface area contributed by atoms with Crippen molar-refractivity contribution in [2.24, 2.45) is 5.73 Å². The summed E-state index contributed by atoms with van der Waals surface area (Å²) >= 11 is 0. The zero-order valence-corrected chi connectivity index (χ0v) is 13.2. The van der Waals surface area contributed by atoms with Crippen LogP contribution in [0.1, 0.15) is 22.8 Å². The minimum absolute atomic E-state index is 0.254. The van der Waals surface area contributed by atoms with E-state index in [1.165, 1.54) is 0 Å². The summed E-state index contributed by atoms with van der Waals surface area (Å²) in [7, 11) is 0. The number of hydrogen-bond acceptors (Lipinski definition) is 4. The maximum absolute atomic E-state index is 12.4. The Hall–Kier alpha value is -3.02. The molecule has 1 aliphatic heterocycles. The van der Waals surface area contributed by atoms with Gasteiger partial charge in [-0.25, -0.2) is 0 Å². The summed E-state index contributed by atoms with van der Waals surface area (Å²) in [6.45, 7) is 2.12. The molecule has 6 heteroatoms. The van der Waals surface area contributed by atoms with Crippen molar-refractivity contribution in [2.45, 2.75) is 25.7 Å². The third-order valence-corrected chi connectivity index (χ3v) is 3.81. The van der Waals surface area contributed by atoms with Gasteiger partial charge >= 0.3 is 0 Å². The molecule has 0 fully saturated rings. The van der Waals surface area contributed by atoms with Crippen LogP contribution in [-0.2, 0) is 11.3 Å². The molecule has 0 aromatic heterocycles. The molecule has 0 saturated carbocycles. The van der Waals surface area contributed by atoms with E-state index in [4.69, 9.17) is 15.2 Å². The van der Waals surface area contributed by atoms with Crippen LogP contribution in [0.5, 0.6) is 11.5 Å². The molecule has 124 valence electrons. The lowest BCUT2D eigenvalue weighted by atomic mass is 10.1. The maximum Gasteiger partial charge on any atom is 0.265 e. The number of nitrogens with two attached hydrogens (primary N) is 1. The van der Waals surface area contributed by atoms with Crippen molar-refractivity contribution >= 4 is 11.8 Å². The van der Waals surface area contributed by atoms with E-state index in [-0.39, 0.29) is 5.91 Å². The fourth-order valence-corrected chi connectivity index (χ4v) is 2.48. The fourth-order valence-electron chi connectivity index (χ4n) is 2.48. The van der Waals surface area contributed by atoms with Crippen molar-refractivity contribution in [3.8, 4) is 11.5 Å². The molecule has 2 aromatic rings. The Balaban J connectivity index is 1.62. The number of carbonyl (C=O) groups excluding carboxylic acids is 2. The van der Waals surface area contributed by atoms with Gasteiger partial charge in [0, 0.05) is 12.1 Å². The summed E-state index contributed by atoms with van der Waals surface area (Å²) in [5.41, 5.74) is 6.49. The molecule has 0 unspecified atom stereocenters. The molecule has 24 heavy (non-hydrogen) atoms. The van der Waals surface area contributed by atoms with Gasteiger partial charge in [0.25, 0.3) is 5.91 Å². The monoisotopic (exact) mass is 326 g/mol. The average molecular weight is 326 g/mol. The number of carbonyl (C=O) groups is 2. The zero-order valence-electron chi connectivity index (χ0n) is 13.2. The van der Waals surface area contributed by atoms with Crippen molar-refractivity contribution in [1.82, 2.24) is 5.32 Å². The van der Waals surface area contributed by atoms with E-state index < -0.39 is 18.1 Å². The first kappa shape index (κ1) is 15.9. The van der Waals surface area contributed by atoms with Crippen LogP contribution in [0.2, 0.25) is 0 Å². The molecule has 0 radical (unpaired) electrons. The summed E-state index contributed by atoms with van der Waals surface area (Å²) in [4.78, 5) is 23.4. The molecule has 0 aliphatic carbocycles. The van der Waals surface area contributed by atoms with Gasteiger partial charge in [0.1, 0.15) is 6.10 Å². The fraction of sp³-hybridized carbons (Fsp3) is 0.222. The zero-order chi connectivity index (χ0) is 17.1. The van der Waals surface area contributed by atoms with Gasteiger partial charge in [-0.05, 0) is 36.8 Å². The number of primary amides is 1. The number of rotatable bonds is 4. The summed E-state index contributed by atoms with van der Waals surface area (Å²) in [5.74, 6) is 0.458. The van der Waals surface area contributed by atoms with Crippen molar-refractivity contribution < 1.29 is 19.1 Å². The molecule has 3 N–H and O–H groups in total. The van der Waals surface area contributed by atoms with Gasteiger partial charge in [-0.1, -0.05) is 24.3 Å². The van der Waals surface area contributed by atoms with Crippen molar-refractivity contribution in [3.05, 3.63) is 59.7 Å². The van der Waals surface area contributed by atoms with E-state index in [1.807, 2.05) is 12.1 Å². The second kappa shape index (κ2) is 6.62. The van der Waals surface area contributed by atoms with Crippen molar-refractivity contribution in [2.75, 3.05) is 0 Å². The van der Waals surface area contributed by atoms with Gasteiger partial charge in [0.05, 0.1) is 0 Å². The number of nitrogens with one attached hydrogen (secondary N) is 1. The summed E-state index contributed by atoms with van der Waals surface area (Å²) < 4.78 is 11.5. The molecule has 3 rings (SSSR count). The summed E-state index contributed by atoms with van der Waals surface area (Å²) in [6.07, 6.45) is -1.11. The van der Waals surface area contributed by atoms with Gasteiger partial charge in [0.2, 0.25) is 12.0 Å². The number of amides is 2. The Morgan fingerprint density at radius 1 is 1.04 bits per heavy atom. The van der Waals surface area contributed by atoms with E-state index >= 15 is 0 Å². The Kier molecular flexibility index (Phi) is 4.37. The standard InChI is InChI=1S/C18H18N2O4/c1-11-16(24-15-5-3-2-4-14(15)23-11)18(22)20-10-12-6-8-13(9-7-12)17(19)21/h2-9,11,16H,10H2,1H3,(H2,19,21)(H,20,22)/t11-,16+/m0/s1. The van der Waals surface area contributed by atoms with Crippen LogP contribution in [0.15, 0.2) is 48.5 Å². The van der Waals surface area contributed by atoms with E-state index in [0.717, 1.165) is 5.56 Å². The molecule has 6 nitrogen and oxygen atoms in total. The molecular formula is C18H18N2O4. The Bertz CT molecular complexity index is 758. The molecule has 0 spiro atoms. The van der Waals surface area contributed by atoms with Crippen LogP contribution in [0.4, 0.5) is 0 Å². The topological polar surface area (TPSA) is 90.7 Å². The van der Waals surface area contributed by atoms with Crippen LogP contribution in [0.25, 0.3) is 0 Å². The quantitative estimate of drug-likeness (QED) is 0.893. The molecule has 0 bridgehead atoms. The number of benzene rings is 2. The molecule has 1 aliphatic rings. The predicted octanol–water partition coefficient (Wildman–Crippen LogP) is 1.63. The predicted molar refractivity (Wildman–Crippen MR) is 87.8 cm³/mol. The average Bonchev–Trinajstić information content (AvgIpc) is 2.59. The van der Waals surface area contributed by atoms with Crippen molar-refractivity contribution in [1.29, 1.82) is 0 Å². The molecule has 0 saturated heterocycles. The third-order valence-electron chi connectivity index (χ3n) is 3.81. The van der Waals surface area contributed by atoms with E-state index in [9.17, 15) is 9.59 Å². The lowest BCUT2D eigenvalue weighted by Crippen LogP contribution is -2.48. The van der Waals surface area contributed by atoms with E-state index in [0.29, 0.717) is 23.6 Å². The minimum Gasteiger partial charge on any atom is -0.482 e. The Morgan fingerprint density at radius 2 is 1.67 bits per heavy atom. The van der Waals surface area contributed by atoms with E-state index in [2.05, 4.69) is 5.32 Å². The number of hydrogen-bond donors (Lipinski definition) is 2. The first-order chi connectivity index (χ1) is 11.5. The first-order valence-electron chi connectivity index (χ1n) is 7.63. The maximum atomic E-state index is 12.4. The number of fused-ring (bicyclic) bond motifs is 1. The molecule has 1 heterocycles. The van der Waals surface area contributed by atoms with Gasteiger partial charge in [-0.15, -0.1) is 0 Å². The number of ether oxygens (including phenoxy) is 2. The Labute approximate surface area is 139 Å². The van der Waals surface area contributed by atoms with Gasteiger partial charge in [-0.3, -0.25) is 9.59 Å². The highest BCUT2D eigenvalue weighted by molar-refractivity contribution is 5.92. The van der Waals surface area contributed by atoms with Crippen LogP contribution in [0.3, 0.4) is 0 Å². The van der Waals surface area contributed by atoms with Gasteiger partial charge in [0.15, 0.2) is 11.5 Å². The highest BCUT2D eigenvalue weighted by Gasteiger charge is 2.33. The third kappa shape index (κ3) is 3.32. The van der Waals surface area contributed by atoms with E-state index in [1.54, 1.807) is 43.3 Å². The SMILES string of the molecule is C[C@@H]1Oc2ccccc2O[C@H]1C(=O)NCc1ccc(C(N)=O)cc1. The van der Waals surface area contributed by atoms with Crippen LogP contribution in [0, 0.1) is 0 Å². The molecule has 2 atom stereocenters. The lowest BCUT2D eigenvalue weighted by Gasteiger charge is -2.31. The smallest absolute Gasteiger partial charge is 0.265 e. The first-order valence-corrected chi connectivity index (χ1v) is 7.63. The second-order valence-corrected chi connectivity index (χ2v) is 5.59. The second-order valence-electron chi connectivity index (χ2n) is 5.59. The van der Waals surface area contributed by atoms with Crippen molar-refractivity contribution in [3.63, 3.8) is 0 Å². The molecular weight excluding hydrogens is 308 g/mol. The number of para-hydroxylation sites is 2. The molecule has 2 aromatic carbocycles. The lowest BCUT2D eigenvalue weighted by molar-refractivity contribution is -0.133. The van der Waals surface area contributed by atoms with Crippen LogP contribution >= 0.6 is 0 Å². The van der Waals surface area contributed by atoms with Gasteiger partial charge in [-0.2, -0.15) is 0 Å². The Morgan fingerprint density at radius 3 is 2.29 bits per heavy atom. The minimum atomic E-state index is -0.718. The van der Waals surface area contributed by atoms with Gasteiger partial charge < -0.3 is 20.5 Å². The highest BCUT2D eigenvalue weighted by Crippen LogP contribution is 2.33. The summed E-state index contributed by atoms with van der Waals surface area (Å²) in [6, 6.07) is 14.0. The van der Waals surface area contributed by atoms with Crippen LogP contribution in [-0.4, -0.2) is 24.0 Å². The normalized spacial score (nSPS) is 18.7. The highest BCUT2D eigenvalue weighted by atomic mass is 16.6. The largest absolute Gasteiger partial charge is 0.482 e. The van der Waals surface area contributed by atoms with Crippen LogP contribution < -0.4 is 20.5 Å². The molecule has 2 amide bonds.